The van der Waals surface area contributed by atoms with E-state index >= 15 is 0 Å². The van der Waals surface area contributed by atoms with Crippen molar-refractivity contribution in [1.82, 2.24) is 10.2 Å². The fourth-order valence-electron chi connectivity index (χ4n) is 3.34. The van der Waals surface area contributed by atoms with E-state index in [1.807, 2.05) is 11.9 Å². The normalized spacial score (nSPS) is 25.3. The van der Waals surface area contributed by atoms with Gasteiger partial charge in [0.25, 0.3) is 0 Å². The van der Waals surface area contributed by atoms with Crippen molar-refractivity contribution in [2.24, 2.45) is 5.92 Å². The second kappa shape index (κ2) is 7.13. The van der Waals surface area contributed by atoms with E-state index in [2.05, 4.69) is 5.32 Å². The average Bonchev–Trinajstić information content (AvgIpc) is 2.90. The van der Waals surface area contributed by atoms with Gasteiger partial charge < -0.3 is 10.2 Å². The molecule has 1 saturated carbocycles. The van der Waals surface area contributed by atoms with Gasteiger partial charge in [0, 0.05) is 26.1 Å². The molecule has 1 unspecified atom stereocenters. The van der Waals surface area contributed by atoms with Crippen LogP contribution in [0, 0.1) is 5.92 Å². The molecule has 104 valence electrons. The number of carbonyl (C=O) groups is 1. The second-order valence-electron chi connectivity index (χ2n) is 6.11. The Morgan fingerprint density at radius 3 is 2.56 bits per heavy atom. The summed E-state index contributed by atoms with van der Waals surface area (Å²) in [6, 6.07) is 0.586. The first-order valence-corrected chi connectivity index (χ1v) is 7.73. The lowest BCUT2D eigenvalue weighted by molar-refractivity contribution is -0.130. The molecule has 3 nitrogen and oxygen atoms in total. The highest BCUT2D eigenvalue weighted by molar-refractivity contribution is 5.75. The zero-order valence-corrected chi connectivity index (χ0v) is 11.8. The first-order valence-electron chi connectivity index (χ1n) is 7.73. The average molecular weight is 252 g/mol. The minimum Gasteiger partial charge on any atom is -0.345 e. The largest absolute Gasteiger partial charge is 0.345 e. The van der Waals surface area contributed by atoms with E-state index < -0.39 is 0 Å². The number of nitrogens with one attached hydrogen (secondary N) is 1. The molecular formula is C15H28N2O. The molecule has 0 aromatic rings. The predicted octanol–water partition coefficient (Wildman–Crippen LogP) is 2.56. The van der Waals surface area contributed by atoms with Crippen molar-refractivity contribution < 1.29 is 4.79 Å². The highest BCUT2D eigenvalue weighted by atomic mass is 16.2. The number of amides is 1. The third-order valence-electron chi connectivity index (χ3n) is 4.55. The van der Waals surface area contributed by atoms with E-state index in [4.69, 9.17) is 0 Å². The molecule has 0 spiro atoms. The van der Waals surface area contributed by atoms with Gasteiger partial charge in [-0.3, -0.25) is 4.79 Å². The van der Waals surface area contributed by atoms with Crippen LogP contribution in [0.25, 0.3) is 0 Å². The van der Waals surface area contributed by atoms with Crippen molar-refractivity contribution >= 4 is 5.91 Å². The lowest BCUT2D eigenvalue weighted by Gasteiger charge is -2.25. The number of hydrogen-bond donors (Lipinski definition) is 1. The second-order valence-corrected chi connectivity index (χ2v) is 6.11. The number of carbonyl (C=O) groups excluding carboxylic acids is 1. The lowest BCUT2D eigenvalue weighted by atomic mass is 10.00. The van der Waals surface area contributed by atoms with Gasteiger partial charge in [-0.15, -0.1) is 0 Å². The molecule has 1 heterocycles. The molecule has 0 bridgehead atoms. The molecule has 2 aliphatic rings. The smallest absolute Gasteiger partial charge is 0.222 e. The highest BCUT2D eigenvalue weighted by Crippen LogP contribution is 2.25. The van der Waals surface area contributed by atoms with E-state index in [1.165, 1.54) is 44.9 Å². The van der Waals surface area contributed by atoms with Gasteiger partial charge in [0.15, 0.2) is 0 Å². The maximum Gasteiger partial charge on any atom is 0.222 e. The van der Waals surface area contributed by atoms with Crippen molar-refractivity contribution in [1.29, 1.82) is 0 Å². The lowest BCUT2D eigenvalue weighted by Crippen LogP contribution is -2.36. The monoisotopic (exact) mass is 252 g/mol. The number of nitrogens with zero attached hydrogens (tertiary/aromatic N) is 1. The molecule has 0 radical (unpaired) electrons. The zero-order valence-electron chi connectivity index (χ0n) is 11.8. The van der Waals surface area contributed by atoms with E-state index in [0.717, 1.165) is 31.8 Å². The number of piperidine rings is 1. The zero-order chi connectivity index (χ0) is 12.8. The molecule has 1 aliphatic carbocycles. The summed E-state index contributed by atoms with van der Waals surface area (Å²) in [5.74, 6) is 1.11. The van der Waals surface area contributed by atoms with Gasteiger partial charge in [-0.2, -0.15) is 0 Å². The Morgan fingerprint density at radius 1 is 1.17 bits per heavy atom. The molecule has 18 heavy (non-hydrogen) atoms. The molecule has 0 aromatic carbocycles. The quantitative estimate of drug-likeness (QED) is 0.815. The summed E-state index contributed by atoms with van der Waals surface area (Å²) in [5.41, 5.74) is 0. The standard InChI is InChI=1S/C15H28N2O/c1-17(12-13-6-2-3-7-13)15(18)10-9-14-8-4-5-11-16-14/h13-14,16H,2-12H2,1H3. The topological polar surface area (TPSA) is 32.3 Å². The molecule has 3 heteroatoms. The Labute approximate surface area is 111 Å². The Hall–Kier alpha value is -0.570. The Bertz CT molecular complexity index is 255. The molecular weight excluding hydrogens is 224 g/mol. The van der Waals surface area contributed by atoms with Gasteiger partial charge >= 0.3 is 0 Å². The maximum atomic E-state index is 12.1. The van der Waals surface area contributed by atoms with Crippen LogP contribution in [0.4, 0.5) is 0 Å². The van der Waals surface area contributed by atoms with Crippen LogP contribution in [0.2, 0.25) is 0 Å². The number of hydrogen-bond acceptors (Lipinski definition) is 2. The molecule has 2 rings (SSSR count). The number of rotatable bonds is 5. The van der Waals surface area contributed by atoms with Crippen molar-refractivity contribution in [3.63, 3.8) is 0 Å². The first-order chi connectivity index (χ1) is 8.75. The van der Waals surface area contributed by atoms with Crippen LogP contribution in [0.15, 0.2) is 0 Å². The van der Waals surface area contributed by atoms with E-state index in [0.29, 0.717) is 11.9 Å². The van der Waals surface area contributed by atoms with Gasteiger partial charge in [-0.25, -0.2) is 0 Å². The first kappa shape index (κ1) is 13.9. The van der Waals surface area contributed by atoms with Crippen LogP contribution in [0.3, 0.4) is 0 Å². The summed E-state index contributed by atoms with van der Waals surface area (Å²) in [6.07, 6.45) is 11.0. The van der Waals surface area contributed by atoms with Crippen LogP contribution in [-0.2, 0) is 4.79 Å². The Balaban J connectivity index is 1.63. The SMILES string of the molecule is CN(CC1CCCC1)C(=O)CCC1CCCCN1. The fourth-order valence-corrected chi connectivity index (χ4v) is 3.34. The highest BCUT2D eigenvalue weighted by Gasteiger charge is 2.20. The van der Waals surface area contributed by atoms with Crippen molar-refractivity contribution in [2.45, 2.75) is 63.8 Å². The van der Waals surface area contributed by atoms with E-state index in [9.17, 15) is 4.79 Å². The molecule has 0 aromatic heterocycles. The molecule has 1 atom stereocenters. The third-order valence-corrected chi connectivity index (χ3v) is 4.55. The maximum absolute atomic E-state index is 12.1. The Morgan fingerprint density at radius 2 is 1.89 bits per heavy atom. The van der Waals surface area contributed by atoms with Crippen LogP contribution < -0.4 is 5.32 Å². The van der Waals surface area contributed by atoms with Crippen molar-refractivity contribution in [3.05, 3.63) is 0 Å². The molecule has 1 aliphatic heterocycles. The van der Waals surface area contributed by atoms with Crippen LogP contribution in [0.1, 0.15) is 57.8 Å². The van der Waals surface area contributed by atoms with Gasteiger partial charge in [-0.05, 0) is 44.6 Å². The van der Waals surface area contributed by atoms with Crippen molar-refractivity contribution in [2.75, 3.05) is 20.1 Å². The van der Waals surface area contributed by atoms with E-state index in [-0.39, 0.29) is 0 Å². The molecule has 1 amide bonds. The van der Waals surface area contributed by atoms with E-state index in [1.54, 1.807) is 0 Å². The van der Waals surface area contributed by atoms with Crippen LogP contribution in [0.5, 0.6) is 0 Å². The molecule has 2 fully saturated rings. The summed E-state index contributed by atoms with van der Waals surface area (Å²) < 4.78 is 0. The predicted molar refractivity (Wildman–Crippen MR) is 74.5 cm³/mol. The van der Waals surface area contributed by atoms with Crippen molar-refractivity contribution in [3.8, 4) is 0 Å². The van der Waals surface area contributed by atoms with Gasteiger partial charge in [0.05, 0.1) is 0 Å². The minimum atomic E-state index is 0.342. The Kier molecular flexibility index (Phi) is 5.48. The summed E-state index contributed by atoms with van der Waals surface area (Å²) in [7, 11) is 1.98. The third kappa shape index (κ3) is 4.27. The summed E-state index contributed by atoms with van der Waals surface area (Å²) in [6.45, 7) is 2.12. The summed E-state index contributed by atoms with van der Waals surface area (Å²) >= 11 is 0. The minimum absolute atomic E-state index is 0.342. The summed E-state index contributed by atoms with van der Waals surface area (Å²) in [4.78, 5) is 14.0. The van der Waals surface area contributed by atoms with Gasteiger partial charge in [-0.1, -0.05) is 19.3 Å². The van der Waals surface area contributed by atoms with Gasteiger partial charge in [0.1, 0.15) is 0 Å². The summed E-state index contributed by atoms with van der Waals surface area (Å²) in [5, 5.41) is 3.52. The van der Waals surface area contributed by atoms with Gasteiger partial charge in [0.2, 0.25) is 5.91 Å². The fraction of sp³-hybridized carbons (Fsp3) is 0.933. The molecule has 1 N–H and O–H groups in total. The molecule has 1 saturated heterocycles. The van der Waals surface area contributed by atoms with Crippen LogP contribution >= 0.6 is 0 Å². The van der Waals surface area contributed by atoms with Crippen LogP contribution in [-0.4, -0.2) is 37.0 Å².